The summed E-state index contributed by atoms with van der Waals surface area (Å²) in [7, 11) is 4.06. The monoisotopic (exact) mass is 604 g/mol. The highest BCUT2D eigenvalue weighted by Crippen LogP contribution is 2.31. The summed E-state index contributed by atoms with van der Waals surface area (Å²) < 4.78 is 35.7. The maximum atomic E-state index is 13.5. The van der Waals surface area contributed by atoms with Gasteiger partial charge in [0.15, 0.2) is 26.8 Å². The van der Waals surface area contributed by atoms with E-state index in [0.29, 0.717) is 53.7 Å². The number of aromatic nitrogens is 2. The molecule has 1 fully saturated rings. The largest absolute Gasteiger partial charge is 0.389 e. The molecule has 2 aromatic heterocycles. The molecule has 222 valence electrons. The van der Waals surface area contributed by atoms with Crippen LogP contribution in [0.2, 0.25) is 0 Å². The Hall–Kier alpha value is -3.17. The fourth-order valence-electron chi connectivity index (χ4n) is 4.09. The summed E-state index contributed by atoms with van der Waals surface area (Å²) in [5.41, 5.74) is 2.00. The Morgan fingerprint density at radius 2 is 1.98 bits per heavy atom. The second-order valence-electron chi connectivity index (χ2n) is 9.90. The second-order valence-corrected chi connectivity index (χ2v) is 13.0. The van der Waals surface area contributed by atoms with Gasteiger partial charge < -0.3 is 24.1 Å². The van der Waals surface area contributed by atoms with Crippen LogP contribution >= 0.6 is 11.3 Å². The summed E-state index contributed by atoms with van der Waals surface area (Å²) >= 11 is 1.26. The zero-order valence-corrected chi connectivity index (χ0v) is 25.3. The first kappa shape index (κ1) is 30.8. The minimum Gasteiger partial charge on any atom is -0.389 e. The minimum absolute atomic E-state index is 0.00392. The van der Waals surface area contributed by atoms with Crippen LogP contribution in [0.5, 0.6) is 0 Å². The lowest BCUT2D eigenvalue weighted by Gasteiger charge is -2.21. The molecular weight excluding hydrogens is 568 g/mol. The zero-order valence-electron chi connectivity index (χ0n) is 23.7. The molecule has 3 heterocycles. The number of thiazole rings is 1. The van der Waals surface area contributed by atoms with Gasteiger partial charge >= 0.3 is 0 Å². The summed E-state index contributed by atoms with van der Waals surface area (Å²) in [6, 6.07) is 7.94. The third kappa shape index (κ3) is 8.20. The van der Waals surface area contributed by atoms with Crippen LogP contribution < -0.4 is 10.2 Å². The van der Waals surface area contributed by atoms with Gasteiger partial charge in [-0.1, -0.05) is 28.6 Å². The van der Waals surface area contributed by atoms with E-state index in [1.54, 1.807) is 18.3 Å². The molecule has 1 atom stereocenters. The van der Waals surface area contributed by atoms with E-state index < -0.39 is 15.7 Å². The van der Waals surface area contributed by atoms with Crippen molar-refractivity contribution in [1.29, 1.82) is 0 Å². The Morgan fingerprint density at radius 3 is 2.66 bits per heavy atom. The smallest absolute Gasteiger partial charge is 0.280 e. The number of hydrogen-bond donors (Lipinski definition) is 1. The number of fused-ring (bicyclic) bond motifs is 1. The number of sulfone groups is 1. The summed E-state index contributed by atoms with van der Waals surface area (Å²) in [6.45, 7) is 2.95. The third-order valence-corrected chi connectivity index (χ3v) is 9.13. The fourth-order valence-corrected chi connectivity index (χ4v) is 6.20. The number of nitrogens with one attached hydrogen (secondary N) is 1. The lowest BCUT2D eigenvalue weighted by molar-refractivity contribution is -0.110. The van der Waals surface area contributed by atoms with Gasteiger partial charge in [0, 0.05) is 52.0 Å². The summed E-state index contributed by atoms with van der Waals surface area (Å²) in [4.78, 5) is 33.3. The van der Waals surface area contributed by atoms with Crippen LogP contribution in [-0.4, -0.2) is 108 Å². The van der Waals surface area contributed by atoms with Gasteiger partial charge in [-0.25, -0.2) is 18.4 Å². The van der Waals surface area contributed by atoms with E-state index in [1.165, 1.54) is 30.6 Å². The molecule has 1 amide bonds. The van der Waals surface area contributed by atoms with Crippen molar-refractivity contribution < 1.29 is 27.5 Å². The first-order valence-electron chi connectivity index (χ1n) is 13.2. The van der Waals surface area contributed by atoms with Crippen LogP contribution in [0.15, 0.2) is 46.6 Å². The van der Waals surface area contributed by atoms with Crippen molar-refractivity contribution in [3.63, 3.8) is 0 Å². The first-order chi connectivity index (χ1) is 19.7. The molecule has 1 aliphatic rings. The number of nitrogens with zero attached hydrogens (tertiary/aromatic N) is 5. The number of carbonyl (C=O) groups is 1. The number of anilines is 2. The molecule has 1 saturated heterocycles. The number of benzene rings is 1. The summed E-state index contributed by atoms with van der Waals surface area (Å²) in [6.07, 6.45) is 2.50. The first-order valence-corrected chi connectivity index (χ1v) is 15.7. The topological polar surface area (TPSA) is 136 Å². The number of pyridine rings is 1. The highest BCUT2D eigenvalue weighted by atomic mass is 32.2. The van der Waals surface area contributed by atoms with Gasteiger partial charge in [-0.05, 0) is 38.7 Å². The van der Waals surface area contributed by atoms with Crippen molar-refractivity contribution in [2.45, 2.75) is 23.8 Å². The van der Waals surface area contributed by atoms with Crippen LogP contribution in [0.1, 0.15) is 18.4 Å². The molecular formula is C27H36N6O6S2. The number of hydrogen-bond acceptors (Lipinski definition) is 12. The number of carbonyl (C=O) groups excluding carboxylic acids is 1. The van der Waals surface area contributed by atoms with Gasteiger partial charge in [0.25, 0.3) is 5.91 Å². The van der Waals surface area contributed by atoms with Crippen LogP contribution in [0.25, 0.3) is 10.3 Å². The van der Waals surface area contributed by atoms with E-state index in [2.05, 4.69) is 30.2 Å². The number of likely N-dealkylation sites (N-methyl/N-ethyl adjacent to an activating group) is 2. The predicted molar refractivity (Wildman–Crippen MR) is 160 cm³/mol. The van der Waals surface area contributed by atoms with Gasteiger partial charge in [0.05, 0.1) is 29.5 Å². The highest BCUT2D eigenvalue weighted by molar-refractivity contribution is 7.91. The van der Waals surface area contributed by atoms with Crippen molar-refractivity contribution >= 4 is 54.0 Å². The van der Waals surface area contributed by atoms with Crippen molar-refractivity contribution in [2.75, 3.05) is 77.1 Å². The molecule has 0 aliphatic carbocycles. The molecule has 0 spiro atoms. The summed E-state index contributed by atoms with van der Waals surface area (Å²) in [5.74, 6) is -0.578. The minimum atomic E-state index is -3.49. The number of oxime groups is 1. The normalized spacial score (nSPS) is 15.9. The molecule has 4 rings (SSSR count). The van der Waals surface area contributed by atoms with Crippen LogP contribution in [0.4, 0.5) is 10.8 Å². The molecule has 1 aromatic carbocycles. The Labute approximate surface area is 244 Å². The van der Waals surface area contributed by atoms with Crippen LogP contribution in [0, 0.1) is 0 Å². The Kier molecular flexibility index (Phi) is 10.6. The van der Waals surface area contributed by atoms with Gasteiger partial charge in [-0.2, -0.15) is 0 Å². The van der Waals surface area contributed by atoms with E-state index in [9.17, 15) is 13.2 Å². The molecule has 0 saturated carbocycles. The standard InChI is InChI=1S/C27H36N6O6S2/c1-32(2)13-14-33(3)22-10-12-28-26-24(22)29-27(40-26)30-25(34)23(31-39-20-11-16-38-18-20)19-6-8-21(9-7-19)41(35,36)17-5-15-37-4/h6-10,12,20H,5,11,13-18H2,1-4H3,(H,29,30,34)/t20-/m1/s1. The van der Waals surface area contributed by atoms with E-state index in [-0.39, 0.29) is 22.5 Å². The Morgan fingerprint density at radius 1 is 1.20 bits per heavy atom. The molecule has 1 N–H and O–H groups in total. The van der Waals surface area contributed by atoms with E-state index >= 15 is 0 Å². The average molecular weight is 605 g/mol. The molecule has 0 radical (unpaired) electrons. The maximum Gasteiger partial charge on any atom is 0.280 e. The van der Waals surface area contributed by atoms with E-state index in [4.69, 9.17) is 14.3 Å². The van der Waals surface area contributed by atoms with Crippen molar-refractivity contribution in [2.24, 2.45) is 5.16 Å². The number of ether oxygens (including phenoxy) is 2. The quantitative estimate of drug-likeness (QED) is 0.166. The molecule has 0 bridgehead atoms. The van der Waals surface area contributed by atoms with Gasteiger partial charge in [0.2, 0.25) is 0 Å². The van der Waals surface area contributed by atoms with Crippen LogP contribution in [0.3, 0.4) is 0 Å². The number of amides is 1. The third-order valence-electron chi connectivity index (χ3n) is 6.43. The zero-order chi connectivity index (χ0) is 29.4. The molecule has 1 aliphatic heterocycles. The molecule has 12 nitrogen and oxygen atoms in total. The Balaban J connectivity index is 1.57. The van der Waals surface area contributed by atoms with Gasteiger partial charge in [0.1, 0.15) is 10.3 Å². The fraction of sp³-hybridized carbons (Fsp3) is 0.481. The lowest BCUT2D eigenvalue weighted by Crippen LogP contribution is -2.28. The molecule has 3 aromatic rings. The molecule has 41 heavy (non-hydrogen) atoms. The maximum absolute atomic E-state index is 13.5. The predicted octanol–water partition coefficient (Wildman–Crippen LogP) is 2.65. The average Bonchev–Trinajstić information content (AvgIpc) is 3.61. The lowest BCUT2D eigenvalue weighted by atomic mass is 10.1. The second kappa shape index (κ2) is 14.1. The molecule has 0 unspecified atom stereocenters. The van der Waals surface area contributed by atoms with Crippen molar-refractivity contribution in [3.8, 4) is 0 Å². The van der Waals surface area contributed by atoms with Crippen molar-refractivity contribution in [1.82, 2.24) is 14.9 Å². The van der Waals surface area contributed by atoms with Gasteiger partial charge in [-0.15, -0.1) is 0 Å². The van der Waals surface area contributed by atoms with Crippen LogP contribution in [-0.2, 0) is 28.9 Å². The SMILES string of the molecule is COCCCS(=O)(=O)c1ccc(C(=NO[C@@H]2CCOC2)C(=O)Nc2nc3c(N(C)CCN(C)C)ccnc3s2)cc1. The number of methoxy groups -OCH3 is 1. The molecule has 14 heteroatoms. The van der Waals surface area contributed by atoms with Crippen molar-refractivity contribution in [3.05, 3.63) is 42.1 Å². The van der Waals surface area contributed by atoms with Gasteiger partial charge in [-0.3, -0.25) is 10.1 Å². The summed E-state index contributed by atoms with van der Waals surface area (Å²) in [5, 5.41) is 7.36. The Bertz CT molecular complexity index is 1450. The van der Waals surface area contributed by atoms with E-state index in [0.717, 1.165) is 18.8 Å². The highest BCUT2D eigenvalue weighted by Gasteiger charge is 2.23. The number of rotatable bonds is 14. The van der Waals surface area contributed by atoms with E-state index in [1.807, 2.05) is 27.2 Å².